The van der Waals surface area contributed by atoms with E-state index in [-0.39, 0.29) is 0 Å². The second kappa shape index (κ2) is 5.42. The molecule has 3 rings (SSSR count). The number of rotatable bonds is 4. The van der Waals surface area contributed by atoms with Gasteiger partial charge in [0.1, 0.15) is 0 Å². The maximum absolute atomic E-state index is 11.9. The number of nitrogens with zero attached hydrogens (tertiary/aromatic N) is 1. The first-order valence-corrected chi connectivity index (χ1v) is 9.36. The summed E-state index contributed by atoms with van der Waals surface area (Å²) in [4.78, 5) is 3.37. The predicted octanol–water partition coefficient (Wildman–Crippen LogP) is 3.60. The molecule has 1 aliphatic rings. The number of hydrogen-bond acceptors (Lipinski definition) is 3. The molecule has 0 unspecified atom stereocenters. The summed E-state index contributed by atoms with van der Waals surface area (Å²) < 4.78 is 26.3. The molecule has 0 atom stereocenters. The summed E-state index contributed by atoms with van der Waals surface area (Å²) in [5.41, 5.74) is 2.96. The average molecular weight is 322 g/mol. The molecule has 21 heavy (non-hydrogen) atoms. The van der Waals surface area contributed by atoms with Crippen molar-refractivity contribution in [1.82, 2.24) is 9.55 Å². The van der Waals surface area contributed by atoms with Crippen LogP contribution in [0.1, 0.15) is 25.7 Å². The highest BCUT2D eigenvalue weighted by Gasteiger charge is 2.15. The summed E-state index contributed by atoms with van der Waals surface area (Å²) in [5, 5.41) is 0. The first kappa shape index (κ1) is 14.5. The molecule has 4 nitrogen and oxygen atoms in total. The lowest BCUT2D eigenvalue weighted by atomic mass is 10.1. The lowest BCUT2D eigenvalue weighted by molar-refractivity contribution is 0.602. The third-order valence-electron chi connectivity index (χ3n) is 3.96. The monoisotopic (exact) mass is 322 g/mol. The van der Waals surface area contributed by atoms with Gasteiger partial charge in [0.15, 0.2) is 14.6 Å². The van der Waals surface area contributed by atoms with Crippen molar-refractivity contribution in [3.05, 3.63) is 34.6 Å². The van der Waals surface area contributed by atoms with Gasteiger partial charge in [-0.2, -0.15) is 0 Å². The molecule has 112 valence electrons. The van der Waals surface area contributed by atoms with Gasteiger partial charge in [-0.25, -0.2) is 8.42 Å². The Morgan fingerprint density at radius 1 is 1.38 bits per heavy atom. The smallest absolute Gasteiger partial charge is 0.178 e. The van der Waals surface area contributed by atoms with E-state index >= 15 is 0 Å². The molecule has 2 aromatic rings. The van der Waals surface area contributed by atoms with Crippen molar-refractivity contribution < 1.29 is 8.42 Å². The van der Waals surface area contributed by atoms with Crippen molar-refractivity contribution in [3.8, 4) is 0 Å². The molecule has 1 heterocycles. The van der Waals surface area contributed by atoms with Crippen molar-refractivity contribution in [2.75, 3.05) is 6.26 Å². The van der Waals surface area contributed by atoms with Crippen molar-refractivity contribution in [2.24, 2.45) is 0 Å². The van der Waals surface area contributed by atoms with Crippen LogP contribution in [0.4, 0.5) is 0 Å². The largest absolute Gasteiger partial charge is 0.329 e. The fourth-order valence-corrected chi connectivity index (χ4v) is 4.05. The van der Waals surface area contributed by atoms with Crippen LogP contribution >= 0.6 is 12.2 Å². The second-order valence-corrected chi connectivity index (χ2v) is 7.88. The molecular weight excluding hydrogens is 304 g/mol. The Morgan fingerprint density at radius 2 is 2.19 bits per heavy atom. The molecule has 1 N–H and O–H groups in total. The van der Waals surface area contributed by atoms with Crippen LogP contribution < -0.4 is 0 Å². The van der Waals surface area contributed by atoms with Crippen LogP contribution in [-0.4, -0.2) is 24.2 Å². The summed E-state index contributed by atoms with van der Waals surface area (Å²) in [6.07, 6.45) is 8.09. The summed E-state index contributed by atoms with van der Waals surface area (Å²) >= 11 is 5.37. The van der Waals surface area contributed by atoms with Gasteiger partial charge in [0.25, 0.3) is 0 Å². The van der Waals surface area contributed by atoms with E-state index in [1.165, 1.54) is 31.1 Å². The van der Waals surface area contributed by atoms with E-state index in [0.717, 1.165) is 18.5 Å². The van der Waals surface area contributed by atoms with Gasteiger partial charge in [-0.3, -0.25) is 0 Å². The number of H-pyrrole nitrogens is 1. The Balaban J connectivity index is 2.03. The Kier molecular flexibility index (Phi) is 3.75. The lowest BCUT2D eigenvalue weighted by Gasteiger charge is -2.06. The third kappa shape index (κ3) is 2.82. The van der Waals surface area contributed by atoms with Gasteiger partial charge in [0.05, 0.1) is 15.9 Å². The van der Waals surface area contributed by atoms with Crippen molar-refractivity contribution in [1.29, 1.82) is 0 Å². The minimum Gasteiger partial charge on any atom is -0.329 e. The molecule has 0 saturated carbocycles. The maximum atomic E-state index is 11.9. The van der Waals surface area contributed by atoms with Gasteiger partial charge in [-0.05, 0) is 50.0 Å². The summed E-state index contributed by atoms with van der Waals surface area (Å²) in [6.45, 7) is 0.790. The summed E-state index contributed by atoms with van der Waals surface area (Å²) in [6, 6.07) is 5.30. The molecule has 1 aromatic carbocycles. The van der Waals surface area contributed by atoms with E-state index in [2.05, 4.69) is 11.1 Å². The molecular formula is C15H18N2O2S2. The second-order valence-electron chi connectivity index (χ2n) is 5.51. The van der Waals surface area contributed by atoms with E-state index in [1.807, 2.05) is 10.6 Å². The number of aromatic nitrogens is 2. The minimum atomic E-state index is -3.27. The van der Waals surface area contributed by atoms with Crippen molar-refractivity contribution in [2.45, 2.75) is 37.1 Å². The number of hydrogen-bond donors (Lipinski definition) is 1. The van der Waals surface area contributed by atoms with E-state index in [4.69, 9.17) is 12.2 Å². The molecule has 0 radical (unpaired) electrons. The lowest BCUT2D eigenvalue weighted by Crippen LogP contribution is -2.00. The van der Waals surface area contributed by atoms with E-state index < -0.39 is 9.84 Å². The van der Waals surface area contributed by atoms with Gasteiger partial charge in [0, 0.05) is 12.8 Å². The van der Waals surface area contributed by atoms with Crippen LogP contribution in [0.5, 0.6) is 0 Å². The highest BCUT2D eigenvalue weighted by Crippen LogP contribution is 2.25. The number of aromatic amines is 1. The minimum absolute atomic E-state index is 0.310. The van der Waals surface area contributed by atoms with Crippen LogP contribution in [0.25, 0.3) is 11.0 Å². The maximum Gasteiger partial charge on any atom is 0.178 e. The van der Waals surface area contributed by atoms with Crippen LogP contribution in [0, 0.1) is 4.77 Å². The zero-order valence-corrected chi connectivity index (χ0v) is 13.6. The number of imidazole rings is 1. The van der Waals surface area contributed by atoms with Crippen LogP contribution in [-0.2, 0) is 16.4 Å². The van der Waals surface area contributed by atoms with E-state index in [0.29, 0.717) is 15.2 Å². The Labute approximate surface area is 129 Å². The highest BCUT2D eigenvalue weighted by atomic mass is 32.2. The number of benzene rings is 1. The quantitative estimate of drug-likeness (QED) is 0.691. The van der Waals surface area contributed by atoms with Gasteiger partial charge in [-0.15, -0.1) is 0 Å². The fourth-order valence-electron chi connectivity index (χ4n) is 2.90. The number of nitrogens with one attached hydrogen (secondary N) is 1. The van der Waals surface area contributed by atoms with Crippen molar-refractivity contribution >= 4 is 33.1 Å². The van der Waals surface area contributed by atoms with Gasteiger partial charge >= 0.3 is 0 Å². The van der Waals surface area contributed by atoms with Gasteiger partial charge < -0.3 is 9.55 Å². The van der Waals surface area contributed by atoms with E-state index in [1.54, 1.807) is 12.1 Å². The number of sulfone groups is 1. The zero-order valence-electron chi connectivity index (χ0n) is 11.9. The molecule has 0 aliphatic heterocycles. The molecule has 0 spiro atoms. The normalized spacial score (nSPS) is 15.6. The molecule has 0 amide bonds. The predicted molar refractivity (Wildman–Crippen MR) is 86.8 cm³/mol. The van der Waals surface area contributed by atoms with Crippen molar-refractivity contribution in [3.63, 3.8) is 0 Å². The summed E-state index contributed by atoms with van der Waals surface area (Å²) in [7, 11) is -3.27. The van der Waals surface area contributed by atoms with Crippen LogP contribution in [0.15, 0.2) is 34.7 Å². The first-order chi connectivity index (χ1) is 9.97. The van der Waals surface area contributed by atoms with Gasteiger partial charge in [-0.1, -0.05) is 17.7 Å². The number of fused-ring (bicyclic) bond motifs is 1. The topological polar surface area (TPSA) is 54.9 Å². The summed E-state index contributed by atoms with van der Waals surface area (Å²) in [5.74, 6) is 0. The molecule has 0 fully saturated rings. The molecule has 6 heteroatoms. The molecule has 0 bridgehead atoms. The standard InChI is InChI=1S/C15H18N2O2S2/c1-21(18,19)13-8-4-7-12-14(13)16-15(20)17(12)10-9-11-5-2-3-6-11/h4-5,7-8H,2-3,6,9-10H2,1H3,(H,16,20). The number of allylic oxidation sites excluding steroid dienone is 2. The van der Waals surface area contributed by atoms with Gasteiger partial charge in [0.2, 0.25) is 0 Å². The molecule has 0 saturated heterocycles. The molecule has 1 aliphatic carbocycles. The zero-order chi connectivity index (χ0) is 15.0. The Hall–Kier alpha value is -1.40. The Morgan fingerprint density at radius 3 is 2.86 bits per heavy atom. The highest BCUT2D eigenvalue weighted by molar-refractivity contribution is 7.91. The van der Waals surface area contributed by atoms with Crippen LogP contribution in [0.2, 0.25) is 0 Å². The fraction of sp³-hybridized carbons (Fsp3) is 0.400. The number of para-hydroxylation sites is 1. The number of aryl methyl sites for hydroxylation is 1. The Bertz CT molecular complexity index is 873. The van der Waals surface area contributed by atoms with E-state index in [9.17, 15) is 8.42 Å². The average Bonchev–Trinajstić information content (AvgIpc) is 3.01. The van der Waals surface area contributed by atoms with Crippen LogP contribution in [0.3, 0.4) is 0 Å². The third-order valence-corrected chi connectivity index (χ3v) is 5.42. The SMILES string of the molecule is CS(=O)(=O)c1cccc2c1[nH]c(=S)n2CCC1=CCCC1. The first-order valence-electron chi connectivity index (χ1n) is 7.06. The molecule has 1 aromatic heterocycles.